The zero-order valence-corrected chi connectivity index (χ0v) is 12.6. The van der Waals surface area contributed by atoms with E-state index in [1.807, 2.05) is 42.5 Å². The molecule has 3 rings (SSSR count). The number of hydrogen-bond donors (Lipinski definition) is 0. The zero-order valence-electron chi connectivity index (χ0n) is 12.6. The first kappa shape index (κ1) is 14.6. The fourth-order valence-electron chi connectivity index (χ4n) is 3.03. The molecule has 0 N–H and O–H groups in total. The van der Waals surface area contributed by atoms with Gasteiger partial charge in [0, 0.05) is 0 Å². The van der Waals surface area contributed by atoms with Crippen LogP contribution in [0.2, 0.25) is 0 Å². The lowest BCUT2D eigenvalue weighted by atomic mass is 9.89. The lowest BCUT2D eigenvalue weighted by molar-refractivity contribution is 0.233. The number of nitrogens with zero attached hydrogens (tertiary/aromatic N) is 2. The lowest BCUT2D eigenvalue weighted by Crippen LogP contribution is -2.33. The van der Waals surface area contributed by atoms with Gasteiger partial charge in [-0.3, -0.25) is 4.90 Å². The van der Waals surface area contributed by atoms with Crippen LogP contribution in [0.5, 0.6) is 11.5 Å². The highest BCUT2D eigenvalue weighted by Crippen LogP contribution is 2.36. The van der Waals surface area contributed by atoms with E-state index in [0.29, 0.717) is 12.5 Å². The number of para-hydroxylation sites is 2. The van der Waals surface area contributed by atoms with Crippen LogP contribution < -0.4 is 4.74 Å². The van der Waals surface area contributed by atoms with Crippen molar-refractivity contribution in [1.29, 1.82) is 5.26 Å². The zero-order chi connectivity index (χ0) is 15.2. The van der Waals surface area contributed by atoms with Gasteiger partial charge in [0.2, 0.25) is 0 Å². The smallest absolute Gasteiger partial charge is 0.130 e. The van der Waals surface area contributed by atoms with Crippen molar-refractivity contribution in [3.8, 4) is 17.6 Å². The van der Waals surface area contributed by atoms with Gasteiger partial charge in [-0.05, 0) is 55.6 Å². The van der Waals surface area contributed by atoms with E-state index >= 15 is 0 Å². The van der Waals surface area contributed by atoms with Gasteiger partial charge >= 0.3 is 0 Å². The molecule has 0 amide bonds. The van der Waals surface area contributed by atoms with Crippen LogP contribution in [0, 0.1) is 11.3 Å². The molecule has 1 fully saturated rings. The minimum Gasteiger partial charge on any atom is -0.457 e. The third kappa shape index (κ3) is 3.47. The SMILES string of the molecule is N#CCN1CCC(c2ccccc2Oc2ccccc2)CC1. The standard InChI is InChI=1S/C19H20N2O/c20-12-15-21-13-10-16(11-14-21)18-8-4-5-9-19(18)22-17-6-2-1-3-7-17/h1-9,16H,10-11,13-15H2. The number of benzene rings is 2. The molecule has 1 aliphatic rings. The third-order valence-electron chi connectivity index (χ3n) is 4.21. The predicted molar refractivity (Wildman–Crippen MR) is 87.0 cm³/mol. The van der Waals surface area contributed by atoms with E-state index in [1.54, 1.807) is 0 Å². The van der Waals surface area contributed by atoms with Crippen LogP contribution in [0.3, 0.4) is 0 Å². The molecule has 0 saturated carbocycles. The summed E-state index contributed by atoms with van der Waals surface area (Å²) in [6.07, 6.45) is 2.16. The van der Waals surface area contributed by atoms with Gasteiger partial charge in [0.25, 0.3) is 0 Å². The Labute approximate surface area is 131 Å². The Hall–Kier alpha value is -2.31. The van der Waals surface area contributed by atoms with E-state index in [4.69, 9.17) is 10.00 Å². The Morgan fingerprint density at radius 1 is 1.00 bits per heavy atom. The fraction of sp³-hybridized carbons (Fsp3) is 0.316. The van der Waals surface area contributed by atoms with Crippen LogP contribution in [-0.2, 0) is 0 Å². The highest BCUT2D eigenvalue weighted by atomic mass is 16.5. The van der Waals surface area contributed by atoms with Gasteiger partial charge in [0.1, 0.15) is 11.5 Å². The van der Waals surface area contributed by atoms with Crippen molar-refractivity contribution in [3.05, 3.63) is 60.2 Å². The molecule has 0 aliphatic carbocycles. The Kier molecular flexibility index (Phi) is 4.72. The third-order valence-corrected chi connectivity index (χ3v) is 4.21. The van der Waals surface area contributed by atoms with Crippen molar-refractivity contribution in [3.63, 3.8) is 0 Å². The Bertz CT molecular complexity index is 640. The summed E-state index contributed by atoms with van der Waals surface area (Å²) < 4.78 is 6.07. The summed E-state index contributed by atoms with van der Waals surface area (Å²) in [5, 5.41) is 8.80. The van der Waals surface area contributed by atoms with Crippen LogP contribution in [0.15, 0.2) is 54.6 Å². The summed E-state index contributed by atoms with van der Waals surface area (Å²) in [6.45, 7) is 2.50. The molecule has 1 saturated heterocycles. The first-order valence-electron chi connectivity index (χ1n) is 7.78. The van der Waals surface area contributed by atoms with Crippen molar-refractivity contribution >= 4 is 0 Å². The van der Waals surface area contributed by atoms with E-state index in [9.17, 15) is 0 Å². The van der Waals surface area contributed by atoms with Crippen molar-refractivity contribution in [1.82, 2.24) is 4.90 Å². The molecule has 0 atom stereocenters. The second-order valence-corrected chi connectivity index (χ2v) is 5.66. The van der Waals surface area contributed by atoms with Crippen LogP contribution in [0.4, 0.5) is 0 Å². The average Bonchev–Trinajstić information content (AvgIpc) is 2.58. The molecule has 1 heterocycles. The van der Waals surface area contributed by atoms with E-state index < -0.39 is 0 Å². The maximum absolute atomic E-state index is 8.80. The molecule has 0 bridgehead atoms. The largest absolute Gasteiger partial charge is 0.457 e. The van der Waals surface area contributed by atoms with Crippen molar-refractivity contribution in [2.75, 3.05) is 19.6 Å². The predicted octanol–water partition coefficient (Wildman–Crippen LogP) is 4.18. The topological polar surface area (TPSA) is 36.3 Å². The van der Waals surface area contributed by atoms with E-state index in [-0.39, 0.29) is 0 Å². The minimum absolute atomic E-state index is 0.509. The van der Waals surface area contributed by atoms with Gasteiger partial charge in [-0.15, -0.1) is 0 Å². The minimum atomic E-state index is 0.509. The van der Waals surface area contributed by atoms with Crippen molar-refractivity contribution in [2.24, 2.45) is 0 Å². The first-order valence-corrected chi connectivity index (χ1v) is 7.78. The molecule has 1 aliphatic heterocycles. The van der Waals surface area contributed by atoms with Gasteiger partial charge in [-0.1, -0.05) is 36.4 Å². The fourth-order valence-corrected chi connectivity index (χ4v) is 3.03. The van der Waals surface area contributed by atoms with E-state index in [1.165, 1.54) is 5.56 Å². The number of hydrogen-bond acceptors (Lipinski definition) is 3. The van der Waals surface area contributed by atoms with Gasteiger partial charge in [-0.2, -0.15) is 5.26 Å². The number of rotatable bonds is 4. The maximum atomic E-state index is 8.80. The van der Waals surface area contributed by atoms with Crippen LogP contribution in [-0.4, -0.2) is 24.5 Å². The quantitative estimate of drug-likeness (QED) is 0.793. The van der Waals surface area contributed by atoms with Gasteiger partial charge in [0.15, 0.2) is 0 Å². The number of ether oxygens (including phenoxy) is 1. The molecule has 3 heteroatoms. The van der Waals surface area contributed by atoms with Crippen LogP contribution >= 0.6 is 0 Å². The molecular weight excluding hydrogens is 272 g/mol. The van der Waals surface area contributed by atoms with Gasteiger partial charge < -0.3 is 4.74 Å². The van der Waals surface area contributed by atoms with Crippen molar-refractivity contribution < 1.29 is 4.74 Å². The average molecular weight is 292 g/mol. The summed E-state index contributed by atoms with van der Waals surface area (Å²) in [5.74, 6) is 2.33. The molecule has 0 spiro atoms. The normalized spacial score (nSPS) is 16.1. The maximum Gasteiger partial charge on any atom is 0.130 e. The highest BCUT2D eigenvalue weighted by molar-refractivity contribution is 5.40. The Morgan fingerprint density at radius 2 is 1.68 bits per heavy atom. The molecule has 2 aromatic carbocycles. The van der Waals surface area contributed by atoms with Gasteiger partial charge in [0.05, 0.1) is 12.6 Å². The summed E-state index contributed by atoms with van der Waals surface area (Å²) in [7, 11) is 0. The summed E-state index contributed by atoms with van der Waals surface area (Å²) in [6, 6.07) is 20.5. The highest BCUT2D eigenvalue weighted by Gasteiger charge is 2.22. The molecule has 3 nitrogen and oxygen atoms in total. The Morgan fingerprint density at radius 3 is 2.41 bits per heavy atom. The second kappa shape index (κ2) is 7.11. The summed E-state index contributed by atoms with van der Waals surface area (Å²) >= 11 is 0. The molecule has 112 valence electrons. The summed E-state index contributed by atoms with van der Waals surface area (Å²) in [4.78, 5) is 2.22. The molecular formula is C19H20N2O. The second-order valence-electron chi connectivity index (χ2n) is 5.66. The molecule has 0 unspecified atom stereocenters. The van der Waals surface area contributed by atoms with Crippen LogP contribution in [0.25, 0.3) is 0 Å². The lowest BCUT2D eigenvalue weighted by Gasteiger charge is -2.31. The monoisotopic (exact) mass is 292 g/mol. The molecule has 2 aromatic rings. The summed E-state index contributed by atoms with van der Waals surface area (Å²) in [5.41, 5.74) is 1.28. The Balaban J connectivity index is 1.73. The number of likely N-dealkylation sites (tertiary alicyclic amines) is 1. The van der Waals surface area contributed by atoms with E-state index in [0.717, 1.165) is 37.4 Å². The van der Waals surface area contributed by atoms with Crippen molar-refractivity contribution in [2.45, 2.75) is 18.8 Å². The first-order chi connectivity index (χ1) is 10.9. The number of piperidine rings is 1. The number of nitriles is 1. The molecule has 22 heavy (non-hydrogen) atoms. The molecule has 0 aromatic heterocycles. The van der Waals surface area contributed by atoms with Gasteiger partial charge in [-0.25, -0.2) is 0 Å². The van der Waals surface area contributed by atoms with Crippen LogP contribution in [0.1, 0.15) is 24.3 Å². The van der Waals surface area contributed by atoms with E-state index in [2.05, 4.69) is 23.1 Å². The molecule has 0 radical (unpaired) electrons.